The molecule has 0 saturated carbocycles. The SMILES string of the molecule is CC(=O)C(=C(C)C)/C(C)=C(\C)C(c1[nH]c(C)c(C(C)=O)c1C)c1csc2ccc(Br)cc12. The van der Waals surface area contributed by atoms with Crippen LogP contribution < -0.4 is 0 Å². The molecule has 168 valence electrons. The smallest absolute Gasteiger partial charge is 0.161 e. The van der Waals surface area contributed by atoms with Gasteiger partial charge < -0.3 is 4.98 Å². The average molecular weight is 513 g/mol. The average Bonchev–Trinajstić information content (AvgIpc) is 3.22. The Hall–Kier alpha value is -2.24. The number of thiophene rings is 1. The number of aromatic amines is 1. The molecule has 0 fully saturated rings. The van der Waals surface area contributed by atoms with Crippen molar-refractivity contribution in [1.29, 1.82) is 0 Å². The van der Waals surface area contributed by atoms with Crippen LogP contribution in [-0.2, 0) is 4.79 Å². The molecular weight excluding hydrogens is 482 g/mol. The minimum absolute atomic E-state index is 0.0613. The summed E-state index contributed by atoms with van der Waals surface area (Å²) in [5.41, 5.74) is 8.70. The largest absolute Gasteiger partial charge is 0.361 e. The number of Topliss-reactive ketones (excluding diaryl/α,β-unsaturated/α-hetero) is 2. The highest BCUT2D eigenvalue weighted by Gasteiger charge is 2.28. The van der Waals surface area contributed by atoms with E-state index in [-0.39, 0.29) is 17.5 Å². The van der Waals surface area contributed by atoms with E-state index in [0.29, 0.717) is 0 Å². The van der Waals surface area contributed by atoms with Crippen LogP contribution in [0.5, 0.6) is 0 Å². The number of carbonyl (C=O) groups excluding carboxylic acids is 2. The molecule has 32 heavy (non-hydrogen) atoms. The lowest BCUT2D eigenvalue weighted by molar-refractivity contribution is -0.113. The van der Waals surface area contributed by atoms with E-state index in [2.05, 4.69) is 51.4 Å². The number of aromatic nitrogens is 1. The maximum Gasteiger partial charge on any atom is 0.161 e. The Morgan fingerprint density at radius 1 is 1.03 bits per heavy atom. The third-order valence-electron chi connectivity index (χ3n) is 6.24. The van der Waals surface area contributed by atoms with Crippen molar-refractivity contribution in [3.63, 3.8) is 0 Å². The number of benzene rings is 1. The van der Waals surface area contributed by atoms with Crippen LogP contribution in [0.1, 0.15) is 80.3 Å². The van der Waals surface area contributed by atoms with E-state index in [1.54, 1.807) is 25.2 Å². The van der Waals surface area contributed by atoms with Gasteiger partial charge in [-0.05, 0) is 101 Å². The summed E-state index contributed by atoms with van der Waals surface area (Å²) in [7, 11) is 0. The summed E-state index contributed by atoms with van der Waals surface area (Å²) in [6.45, 7) is 15.3. The zero-order valence-corrected chi connectivity index (χ0v) is 22.4. The molecule has 2 heterocycles. The van der Waals surface area contributed by atoms with Crippen LogP contribution >= 0.6 is 27.3 Å². The third kappa shape index (κ3) is 4.33. The lowest BCUT2D eigenvalue weighted by atomic mass is 9.82. The van der Waals surface area contributed by atoms with Crippen molar-refractivity contribution in [2.75, 3.05) is 0 Å². The number of ketones is 2. The molecule has 0 bridgehead atoms. The highest BCUT2D eigenvalue weighted by atomic mass is 79.9. The Morgan fingerprint density at radius 3 is 2.22 bits per heavy atom. The fraction of sp³-hybridized carbons (Fsp3) is 0.333. The van der Waals surface area contributed by atoms with Crippen molar-refractivity contribution in [2.45, 2.75) is 61.3 Å². The summed E-state index contributed by atoms with van der Waals surface area (Å²) in [6, 6.07) is 6.34. The second kappa shape index (κ2) is 9.32. The van der Waals surface area contributed by atoms with Crippen LogP contribution in [0.15, 0.2) is 50.3 Å². The molecule has 3 aromatic rings. The van der Waals surface area contributed by atoms with Gasteiger partial charge in [-0.1, -0.05) is 27.1 Å². The van der Waals surface area contributed by atoms with Crippen molar-refractivity contribution in [3.8, 4) is 0 Å². The fourth-order valence-electron chi connectivity index (χ4n) is 4.85. The number of hydrogen-bond donors (Lipinski definition) is 1. The molecule has 1 N–H and O–H groups in total. The van der Waals surface area contributed by atoms with E-state index in [0.717, 1.165) is 49.3 Å². The fourth-order valence-corrected chi connectivity index (χ4v) is 6.17. The van der Waals surface area contributed by atoms with Gasteiger partial charge in [0.25, 0.3) is 0 Å². The summed E-state index contributed by atoms with van der Waals surface area (Å²) in [5, 5.41) is 3.39. The number of allylic oxidation sites excluding steroid dienone is 4. The number of fused-ring (bicyclic) bond motifs is 1. The molecule has 0 radical (unpaired) electrons. The number of carbonyl (C=O) groups is 2. The van der Waals surface area contributed by atoms with Gasteiger partial charge in [0.05, 0.1) is 0 Å². The van der Waals surface area contributed by atoms with Crippen LogP contribution in [0.3, 0.4) is 0 Å². The van der Waals surface area contributed by atoms with Crippen molar-refractivity contribution in [1.82, 2.24) is 4.98 Å². The van der Waals surface area contributed by atoms with E-state index in [1.165, 1.54) is 15.6 Å². The molecule has 1 atom stereocenters. The maximum atomic E-state index is 12.5. The topological polar surface area (TPSA) is 49.9 Å². The molecule has 2 aromatic heterocycles. The van der Waals surface area contributed by atoms with Crippen LogP contribution in [0.2, 0.25) is 0 Å². The Morgan fingerprint density at radius 2 is 1.69 bits per heavy atom. The van der Waals surface area contributed by atoms with Crippen molar-refractivity contribution in [2.24, 2.45) is 0 Å². The van der Waals surface area contributed by atoms with Gasteiger partial charge in [-0.25, -0.2) is 0 Å². The minimum Gasteiger partial charge on any atom is -0.361 e. The van der Waals surface area contributed by atoms with Crippen molar-refractivity contribution >= 4 is 48.9 Å². The number of halogens is 1. The number of rotatable bonds is 6. The standard InChI is InChI=1S/C27H30BrNO2S/c1-13(2)24(18(7)30)14(3)15(4)26(27-16(5)25(19(8)31)17(6)29-27)22-12-32-23-10-9-20(28)11-21(22)23/h9-12,26,29H,1-8H3/b15-14+. The van der Waals surface area contributed by atoms with Gasteiger partial charge in [0, 0.05) is 37.6 Å². The Balaban J connectivity index is 2.40. The molecule has 0 aliphatic heterocycles. The molecule has 0 spiro atoms. The number of aryl methyl sites for hydroxylation is 1. The Bertz CT molecular complexity index is 1300. The Labute approximate surface area is 202 Å². The zero-order chi connectivity index (χ0) is 23.9. The van der Waals surface area contributed by atoms with Crippen LogP contribution in [-0.4, -0.2) is 16.6 Å². The van der Waals surface area contributed by atoms with Crippen LogP contribution in [0, 0.1) is 13.8 Å². The first-order chi connectivity index (χ1) is 15.0. The Kier molecular flexibility index (Phi) is 7.11. The normalized spacial score (nSPS) is 13.2. The zero-order valence-electron chi connectivity index (χ0n) is 20.0. The van der Waals surface area contributed by atoms with Gasteiger partial charge in [-0.3, -0.25) is 9.59 Å². The minimum atomic E-state index is -0.0986. The van der Waals surface area contributed by atoms with Gasteiger partial charge in [0.15, 0.2) is 11.6 Å². The number of hydrogen-bond acceptors (Lipinski definition) is 3. The van der Waals surface area contributed by atoms with Gasteiger partial charge >= 0.3 is 0 Å². The molecule has 3 nitrogen and oxygen atoms in total. The monoisotopic (exact) mass is 511 g/mol. The first-order valence-electron chi connectivity index (χ1n) is 10.7. The van der Waals surface area contributed by atoms with Crippen LogP contribution in [0.4, 0.5) is 0 Å². The van der Waals surface area contributed by atoms with Gasteiger partial charge in [-0.15, -0.1) is 11.3 Å². The summed E-state index contributed by atoms with van der Waals surface area (Å²) in [5.74, 6) is 0.0344. The molecule has 1 unspecified atom stereocenters. The first-order valence-corrected chi connectivity index (χ1v) is 12.4. The molecule has 5 heteroatoms. The first kappa shape index (κ1) is 24.4. The van der Waals surface area contributed by atoms with E-state index in [9.17, 15) is 9.59 Å². The second-order valence-corrected chi connectivity index (χ2v) is 10.6. The second-order valence-electron chi connectivity index (χ2n) is 8.72. The molecule has 0 amide bonds. The molecule has 0 saturated heterocycles. The van der Waals surface area contributed by atoms with Gasteiger partial charge in [0.1, 0.15) is 0 Å². The molecule has 1 aromatic carbocycles. The van der Waals surface area contributed by atoms with E-state index >= 15 is 0 Å². The van der Waals surface area contributed by atoms with Crippen LogP contribution in [0.25, 0.3) is 10.1 Å². The molecule has 0 aliphatic carbocycles. The quantitative estimate of drug-likeness (QED) is 0.206. The molecule has 3 rings (SSSR count). The van der Waals surface area contributed by atoms with E-state index < -0.39 is 0 Å². The number of nitrogens with one attached hydrogen (secondary N) is 1. The molecule has 0 aliphatic rings. The predicted molar refractivity (Wildman–Crippen MR) is 139 cm³/mol. The van der Waals surface area contributed by atoms with E-state index in [1.807, 2.05) is 34.6 Å². The summed E-state index contributed by atoms with van der Waals surface area (Å²) >= 11 is 5.34. The predicted octanol–water partition coefficient (Wildman–Crippen LogP) is 8.21. The lowest BCUT2D eigenvalue weighted by Gasteiger charge is -2.22. The van der Waals surface area contributed by atoms with Gasteiger partial charge in [-0.2, -0.15) is 0 Å². The third-order valence-corrected chi connectivity index (χ3v) is 7.72. The summed E-state index contributed by atoms with van der Waals surface area (Å²) < 4.78 is 2.24. The highest BCUT2D eigenvalue weighted by molar-refractivity contribution is 9.10. The number of H-pyrrole nitrogens is 1. The summed E-state index contributed by atoms with van der Waals surface area (Å²) in [4.78, 5) is 28.4. The molecular formula is C27H30BrNO2S. The summed E-state index contributed by atoms with van der Waals surface area (Å²) in [6.07, 6.45) is 0. The van der Waals surface area contributed by atoms with Crippen molar-refractivity contribution < 1.29 is 9.59 Å². The maximum absolute atomic E-state index is 12.5. The van der Waals surface area contributed by atoms with E-state index in [4.69, 9.17) is 0 Å². The highest BCUT2D eigenvalue weighted by Crippen LogP contribution is 2.43. The van der Waals surface area contributed by atoms with Crippen molar-refractivity contribution in [3.05, 3.63) is 78.4 Å². The lowest BCUT2D eigenvalue weighted by Crippen LogP contribution is -2.10. The van der Waals surface area contributed by atoms with Gasteiger partial charge in [0.2, 0.25) is 0 Å².